The van der Waals surface area contributed by atoms with Gasteiger partial charge in [0.2, 0.25) is 0 Å². The highest BCUT2D eigenvalue weighted by Crippen LogP contribution is 2.41. The first-order valence-corrected chi connectivity index (χ1v) is 7.43. The van der Waals surface area contributed by atoms with Gasteiger partial charge in [-0.25, -0.2) is 4.79 Å². The maximum atomic E-state index is 12.5. The molecule has 0 saturated heterocycles. The van der Waals surface area contributed by atoms with Crippen LogP contribution in [0.15, 0.2) is 35.5 Å². The second kappa shape index (κ2) is 5.49. The number of benzene rings is 1. The second-order valence-corrected chi connectivity index (χ2v) is 5.84. The number of carbonyl (C=O) groups excluding carboxylic acids is 2. The summed E-state index contributed by atoms with van der Waals surface area (Å²) in [5.74, 6) is 0.00829. The number of hydrogen-bond acceptors (Lipinski definition) is 4. The van der Waals surface area contributed by atoms with Crippen LogP contribution in [-0.4, -0.2) is 40.6 Å². The van der Waals surface area contributed by atoms with E-state index in [0.717, 1.165) is 12.1 Å². The average molecular weight is 315 g/mol. The lowest BCUT2D eigenvalue weighted by molar-refractivity contribution is -0.384. The summed E-state index contributed by atoms with van der Waals surface area (Å²) in [7, 11) is 3.28. The summed E-state index contributed by atoms with van der Waals surface area (Å²) in [4.78, 5) is 38.5. The first-order chi connectivity index (χ1) is 10.9. The topological polar surface area (TPSA) is 83.8 Å². The van der Waals surface area contributed by atoms with Crippen LogP contribution in [0.25, 0.3) is 0 Å². The summed E-state index contributed by atoms with van der Waals surface area (Å²) in [6, 6.07) is 5.36. The summed E-state index contributed by atoms with van der Waals surface area (Å²) in [5, 5.41) is 11.0. The predicted octanol–water partition coefficient (Wildman–Crippen LogP) is 2.64. The third kappa shape index (κ3) is 2.38. The number of nitrogens with zero attached hydrogens (tertiary/aromatic N) is 3. The smallest absolute Gasteiger partial charge is 0.316 e. The molecule has 0 bridgehead atoms. The first kappa shape index (κ1) is 15.2. The van der Waals surface area contributed by atoms with Gasteiger partial charge in [0.05, 0.1) is 11.0 Å². The van der Waals surface area contributed by atoms with Crippen LogP contribution in [0.1, 0.15) is 30.9 Å². The van der Waals surface area contributed by atoms with E-state index in [-0.39, 0.29) is 17.5 Å². The maximum absolute atomic E-state index is 12.5. The highest BCUT2D eigenvalue weighted by Gasteiger charge is 2.41. The molecular formula is C16H17N3O4. The lowest BCUT2D eigenvalue weighted by Gasteiger charge is -2.42. The van der Waals surface area contributed by atoms with Crippen molar-refractivity contribution in [2.75, 3.05) is 14.1 Å². The quantitative estimate of drug-likeness (QED) is 0.620. The molecular weight excluding hydrogens is 298 g/mol. The van der Waals surface area contributed by atoms with Crippen molar-refractivity contribution in [2.45, 2.75) is 25.3 Å². The number of Topliss-reactive ketones (excluding diaryl/α,β-unsaturated/α-hetero) is 1. The molecule has 1 aliphatic carbocycles. The second-order valence-electron chi connectivity index (χ2n) is 5.84. The van der Waals surface area contributed by atoms with Crippen LogP contribution in [0.4, 0.5) is 10.5 Å². The largest absolute Gasteiger partial charge is 0.324 e. The van der Waals surface area contributed by atoms with Gasteiger partial charge in [-0.1, -0.05) is 12.1 Å². The molecule has 0 radical (unpaired) electrons. The van der Waals surface area contributed by atoms with Gasteiger partial charge in [0, 0.05) is 43.9 Å². The van der Waals surface area contributed by atoms with E-state index in [1.807, 2.05) is 0 Å². The Morgan fingerprint density at radius 3 is 2.65 bits per heavy atom. The Hall–Kier alpha value is -2.70. The molecule has 7 nitrogen and oxygen atoms in total. The summed E-state index contributed by atoms with van der Waals surface area (Å²) in [5.41, 5.74) is 1.86. The number of non-ortho nitro benzene ring substituents is 1. The van der Waals surface area contributed by atoms with Crippen LogP contribution >= 0.6 is 0 Å². The third-order valence-corrected chi connectivity index (χ3v) is 4.48. The molecule has 7 heteroatoms. The van der Waals surface area contributed by atoms with Crippen molar-refractivity contribution in [3.05, 3.63) is 51.2 Å². The van der Waals surface area contributed by atoms with E-state index in [2.05, 4.69) is 0 Å². The van der Waals surface area contributed by atoms with Crippen molar-refractivity contribution in [1.82, 2.24) is 9.80 Å². The minimum Gasteiger partial charge on any atom is -0.316 e. The summed E-state index contributed by atoms with van der Waals surface area (Å²) < 4.78 is 0. The fourth-order valence-electron chi connectivity index (χ4n) is 3.36. The fourth-order valence-corrected chi connectivity index (χ4v) is 3.36. The van der Waals surface area contributed by atoms with Gasteiger partial charge in [0.25, 0.3) is 5.69 Å². The number of ketones is 1. The number of carbonyl (C=O) groups is 2. The molecule has 1 heterocycles. The lowest BCUT2D eigenvalue weighted by atomic mass is 9.84. The third-order valence-electron chi connectivity index (χ3n) is 4.48. The monoisotopic (exact) mass is 315 g/mol. The van der Waals surface area contributed by atoms with E-state index in [4.69, 9.17) is 0 Å². The first-order valence-electron chi connectivity index (χ1n) is 7.43. The van der Waals surface area contributed by atoms with Gasteiger partial charge >= 0.3 is 6.03 Å². The highest BCUT2D eigenvalue weighted by molar-refractivity contribution is 6.00. The molecule has 0 spiro atoms. The van der Waals surface area contributed by atoms with E-state index in [1.165, 1.54) is 21.9 Å². The van der Waals surface area contributed by atoms with Crippen molar-refractivity contribution >= 4 is 17.5 Å². The Labute approximate surface area is 133 Å². The molecule has 0 unspecified atom stereocenters. The zero-order chi connectivity index (χ0) is 16.7. The molecule has 1 aromatic carbocycles. The number of likely N-dealkylation sites (N-methyl/N-ethyl adjacent to an activating group) is 1. The number of amides is 2. The molecule has 1 atom stereocenters. The molecule has 0 saturated carbocycles. The predicted molar refractivity (Wildman–Crippen MR) is 82.6 cm³/mol. The number of nitro groups is 1. The summed E-state index contributed by atoms with van der Waals surface area (Å²) in [6.45, 7) is 0. The number of urea groups is 1. The molecule has 23 heavy (non-hydrogen) atoms. The number of hydrogen-bond donors (Lipinski definition) is 0. The van der Waals surface area contributed by atoms with Crippen LogP contribution in [-0.2, 0) is 4.79 Å². The molecule has 0 N–H and O–H groups in total. The number of rotatable bonds is 2. The van der Waals surface area contributed by atoms with Crippen molar-refractivity contribution in [3.63, 3.8) is 0 Å². The molecule has 2 amide bonds. The molecule has 120 valence electrons. The lowest BCUT2D eigenvalue weighted by Crippen LogP contribution is -2.48. The number of nitro benzene ring substituents is 1. The molecule has 1 aliphatic heterocycles. The molecule has 0 aromatic heterocycles. The Morgan fingerprint density at radius 2 is 1.96 bits per heavy atom. The normalized spacial score (nSPS) is 21.6. The summed E-state index contributed by atoms with van der Waals surface area (Å²) >= 11 is 0. The Kier molecular flexibility index (Phi) is 3.63. The van der Waals surface area contributed by atoms with Crippen LogP contribution in [0, 0.1) is 10.1 Å². The minimum absolute atomic E-state index is 0.00829. The average Bonchev–Trinajstić information content (AvgIpc) is 2.54. The van der Waals surface area contributed by atoms with E-state index >= 15 is 0 Å². The standard InChI is InChI=1S/C16H17N3O4/c1-17-12-7-4-8-13(20)14(12)15(18(2)16(17)21)10-5-3-6-11(9-10)19(22)23/h3,5-6,9,15H,4,7-8H2,1-2H3/t15-/m0/s1. The Morgan fingerprint density at radius 1 is 1.22 bits per heavy atom. The van der Waals surface area contributed by atoms with Gasteiger partial charge in [-0.2, -0.15) is 0 Å². The van der Waals surface area contributed by atoms with Crippen LogP contribution in [0.2, 0.25) is 0 Å². The van der Waals surface area contributed by atoms with Gasteiger partial charge in [0.1, 0.15) is 0 Å². The number of allylic oxidation sites excluding steroid dienone is 1. The van der Waals surface area contributed by atoms with Crippen molar-refractivity contribution in [2.24, 2.45) is 0 Å². The van der Waals surface area contributed by atoms with Crippen molar-refractivity contribution in [1.29, 1.82) is 0 Å². The van der Waals surface area contributed by atoms with Crippen molar-refractivity contribution < 1.29 is 14.5 Å². The van der Waals surface area contributed by atoms with E-state index in [1.54, 1.807) is 26.2 Å². The Bertz CT molecular complexity index is 741. The van der Waals surface area contributed by atoms with Gasteiger partial charge in [-0.15, -0.1) is 0 Å². The van der Waals surface area contributed by atoms with Gasteiger partial charge in [-0.05, 0) is 18.4 Å². The van der Waals surface area contributed by atoms with Gasteiger partial charge < -0.3 is 9.80 Å². The van der Waals surface area contributed by atoms with Gasteiger partial charge in [0.15, 0.2) is 5.78 Å². The van der Waals surface area contributed by atoms with E-state index in [9.17, 15) is 19.7 Å². The van der Waals surface area contributed by atoms with E-state index < -0.39 is 11.0 Å². The van der Waals surface area contributed by atoms with Crippen LogP contribution in [0.3, 0.4) is 0 Å². The molecule has 1 aromatic rings. The van der Waals surface area contributed by atoms with Gasteiger partial charge in [-0.3, -0.25) is 14.9 Å². The molecule has 0 fully saturated rings. The molecule has 2 aliphatic rings. The highest BCUT2D eigenvalue weighted by atomic mass is 16.6. The zero-order valence-corrected chi connectivity index (χ0v) is 13.0. The Balaban J connectivity index is 2.17. The fraction of sp³-hybridized carbons (Fsp3) is 0.375. The zero-order valence-electron chi connectivity index (χ0n) is 13.0. The minimum atomic E-state index is -0.568. The SMILES string of the molecule is CN1C(=O)N(C)[C@@H](c2cccc([N+](=O)[O-])c2)C2=C1CCCC2=O. The summed E-state index contributed by atoms with van der Waals surface area (Å²) in [6.07, 6.45) is 1.84. The molecule has 3 rings (SSSR count). The van der Waals surface area contributed by atoms with E-state index in [0.29, 0.717) is 24.0 Å². The maximum Gasteiger partial charge on any atom is 0.324 e. The van der Waals surface area contributed by atoms with Crippen LogP contribution < -0.4 is 0 Å². The van der Waals surface area contributed by atoms with Crippen molar-refractivity contribution in [3.8, 4) is 0 Å². The van der Waals surface area contributed by atoms with Crippen LogP contribution in [0.5, 0.6) is 0 Å².